The molecule has 6 aliphatic carbocycles. The van der Waals surface area contributed by atoms with Gasteiger partial charge in [0.05, 0.1) is 17.1 Å². The lowest BCUT2D eigenvalue weighted by molar-refractivity contribution is -0.183. The molecule has 0 radical (unpaired) electrons. The Morgan fingerprint density at radius 3 is 2.63 bits per heavy atom. The second-order valence-corrected chi connectivity index (χ2v) is 10.8. The van der Waals surface area contributed by atoms with Crippen molar-refractivity contribution in [3.63, 3.8) is 0 Å². The Hall–Kier alpha value is -0.960. The number of carbonyl (C=O) groups excluding carboxylic acids is 1. The van der Waals surface area contributed by atoms with E-state index in [1.54, 1.807) is 0 Å². The fraction of sp³-hybridized carbons (Fsp3) is 0.833. The van der Waals surface area contributed by atoms with Crippen molar-refractivity contribution in [1.82, 2.24) is 0 Å². The molecule has 6 aliphatic rings. The normalized spacial score (nSPS) is 55.9. The summed E-state index contributed by atoms with van der Waals surface area (Å²) in [5.41, 5.74) is 1.51. The van der Waals surface area contributed by atoms with Gasteiger partial charge < -0.3 is 5.11 Å². The second-order valence-electron chi connectivity index (χ2n) is 10.8. The second kappa shape index (κ2) is 5.34. The number of aliphatic hydroxyl groups is 1. The van der Waals surface area contributed by atoms with E-state index >= 15 is 0 Å². The van der Waals surface area contributed by atoms with E-state index in [1.165, 1.54) is 18.6 Å². The van der Waals surface area contributed by atoms with Crippen molar-refractivity contribution < 1.29 is 9.90 Å². The number of aliphatic hydroxyl groups excluding tert-OH is 1. The highest BCUT2D eigenvalue weighted by Gasteiger charge is 2.86. The molecule has 1 N–H and O–H groups in total. The van der Waals surface area contributed by atoms with Crippen molar-refractivity contribution in [3.05, 3.63) is 12.2 Å². The molecule has 0 aromatic rings. The van der Waals surface area contributed by atoms with Crippen molar-refractivity contribution in [2.75, 3.05) is 0 Å². The van der Waals surface area contributed by atoms with Gasteiger partial charge in [0.15, 0.2) is 5.78 Å². The minimum atomic E-state index is -0.570. The van der Waals surface area contributed by atoms with Gasteiger partial charge >= 0.3 is 0 Å². The third-order valence-corrected chi connectivity index (χ3v) is 9.94. The number of rotatable bonds is 1. The van der Waals surface area contributed by atoms with E-state index in [9.17, 15) is 9.90 Å². The van der Waals surface area contributed by atoms with Gasteiger partial charge in [-0.2, -0.15) is 0 Å². The maximum Gasteiger partial charge on any atom is 0.167 e. The number of allylic oxidation sites excluding steroid dienone is 1. The Bertz CT molecular complexity index is 751. The SMILES string of the molecule is C=C1C(=O)C23CCC1CC2C12C(CC3O)C(C)CCCC1(N=C(C)C)C2C. The van der Waals surface area contributed by atoms with E-state index in [-0.39, 0.29) is 22.7 Å². The number of hydrogen-bond acceptors (Lipinski definition) is 3. The van der Waals surface area contributed by atoms with Crippen LogP contribution in [0.15, 0.2) is 17.1 Å². The smallest absolute Gasteiger partial charge is 0.167 e. The fourth-order valence-electron chi connectivity index (χ4n) is 9.05. The topological polar surface area (TPSA) is 49.7 Å². The van der Waals surface area contributed by atoms with E-state index in [1.807, 2.05) is 0 Å². The summed E-state index contributed by atoms with van der Waals surface area (Å²) in [6.45, 7) is 13.2. The van der Waals surface area contributed by atoms with Gasteiger partial charge in [-0.05, 0) is 81.1 Å². The minimum absolute atomic E-state index is 0.00183. The standard InChI is InChI=1S/C24H35NO2/c1-13(2)25-23-9-6-7-14(3)18-12-20(26)22-10-8-17(15(4)21(22)27)11-19(22)24(18,23)16(23)5/h14,16-20,26H,4,6-12H2,1-3,5H3. The van der Waals surface area contributed by atoms with Crippen LogP contribution in [0.25, 0.3) is 0 Å². The molecule has 6 saturated carbocycles. The van der Waals surface area contributed by atoms with Gasteiger partial charge in [-0.3, -0.25) is 9.79 Å². The van der Waals surface area contributed by atoms with E-state index in [4.69, 9.17) is 4.99 Å². The molecule has 2 bridgehead atoms. The largest absolute Gasteiger partial charge is 0.392 e. The molecule has 0 aromatic carbocycles. The number of Topliss-reactive ketones (excluding diaryl/α,β-unsaturated/α-hetero) is 1. The molecule has 0 heterocycles. The summed E-state index contributed by atoms with van der Waals surface area (Å²) in [6, 6.07) is 0. The molecule has 3 nitrogen and oxygen atoms in total. The van der Waals surface area contributed by atoms with Crippen LogP contribution in [-0.4, -0.2) is 28.2 Å². The van der Waals surface area contributed by atoms with E-state index in [0.717, 1.165) is 37.7 Å². The Balaban J connectivity index is 1.73. The molecule has 3 heteroatoms. The summed E-state index contributed by atoms with van der Waals surface area (Å²) in [7, 11) is 0. The average Bonchev–Trinajstić information content (AvgIpc) is 3.15. The molecule has 0 amide bonds. The van der Waals surface area contributed by atoms with Crippen LogP contribution in [0.4, 0.5) is 0 Å². The quantitative estimate of drug-likeness (QED) is 0.543. The van der Waals surface area contributed by atoms with E-state index in [2.05, 4.69) is 34.3 Å². The van der Waals surface area contributed by atoms with Crippen LogP contribution in [0.1, 0.15) is 72.6 Å². The van der Waals surface area contributed by atoms with Crippen LogP contribution < -0.4 is 0 Å². The highest BCUT2D eigenvalue weighted by Crippen LogP contribution is 2.84. The Morgan fingerprint density at radius 2 is 1.93 bits per heavy atom. The molecule has 148 valence electrons. The fourth-order valence-corrected chi connectivity index (χ4v) is 9.05. The predicted molar refractivity (Wildman–Crippen MR) is 108 cm³/mol. The highest BCUT2D eigenvalue weighted by atomic mass is 16.3. The molecule has 0 aliphatic heterocycles. The lowest BCUT2D eigenvalue weighted by atomic mass is 9.41. The van der Waals surface area contributed by atoms with Crippen molar-refractivity contribution in [2.24, 2.45) is 45.4 Å². The molecular weight excluding hydrogens is 334 g/mol. The van der Waals surface area contributed by atoms with Gasteiger partial charge in [-0.15, -0.1) is 0 Å². The highest BCUT2D eigenvalue weighted by molar-refractivity contribution is 6.02. The summed E-state index contributed by atoms with van der Waals surface area (Å²) in [4.78, 5) is 18.8. The lowest BCUT2D eigenvalue weighted by Crippen LogP contribution is -2.65. The monoisotopic (exact) mass is 369 g/mol. The third kappa shape index (κ3) is 1.80. The molecule has 0 saturated heterocycles. The Morgan fingerprint density at radius 1 is 1.19 bits per heavy atom. The summed E-state index contributed by atoms with van der Waals surface area (Å²) < 4.78 is 0. The lowest BCUT2D eigenvalue weighted by Gasteiger charge is -2.62. The van der Waals surface area contributed by atoms with Crippen LogP contribution in [0.5, 0.6) is 0 Å². The number of fused-ring (bicyclic) bond motifs is 2. The maximum atomic E-state index is 13.5. The van der Waals surface area contributed by atoms with Crippen molar-refractivity contribution >= 4 is 11.5 Å². The summed E-state index contributed by atoms with van der Waals surface area (Å²) in [6.07, 6.45) is 6.84. The molecular formula is C24H35NO2. The molecule has 9 unspecified atom stereocenters. The van der Waals surface area contributed by atoms with Crippen molar-refractivity contribution in [3.8, 4) is 0 Å². The molecule has 27 heavy (non-hydrogen) atoms. The molecule has 0 aromatic heterocycles. The first-order valence-corrected chi connectivity index (χ1v) is 11.2. The van der Waals surface area contributed by atoms with Crippen molar-refractivity contribution in [2.45, 2.75) is 84.3 Å². The first-order valence-electron chi connectivity index (χ1n) is 11.2. The van der Waals surface area contributed by atoms with Crippen LogP contribution in [-0.2, 0) is 4.79 Å². The average molecular weight is 370 g/mol. The number of nitrogens with zero attached hydrogens (tertiary/aromatic N) is 1. The van der Waals surface area contributed by atoms with Gasteiger partial charge in [0, 0.05) is 11.1 Å². The number of hydrogen-bond donors (Lipinski definition) is 1. The van der Waals surface area contributed by atoms with Gasteiger partial charge in [0.1, 0.15) is 0 Å². The first-order chi connectivity index (χ1) is 12.7. The molecule has 6 rings (SSSR count). The maximum absolute atomic E-state index is 13.5. The first kappa shape index (κ1) is 18.1. The number of aliphatic imine (C=N–C) groups is 1. The Labute approximate surface area is 163 Å². The summed E-state index contributed by atoms with van der Waals surface area (Å²) >= 11 is 0. The zero-order chi connectivity index (χ0) is 19.4. The van der Waals surface area contributed by atoms with Crippen LogP contribution >= 0.6 is 0 Å². The van der Waals surface area contributed by atoms with Gasteiger partial charge in [0.25, 0.3) is 0 Å². The molecule has 9 atom stereocenters. The van der Waals surface area contributed by atoms with Crippen molar-refractivity contribution in [1.29, 1.82) is 0 Å². The van der Waals surface area contributed by atoms with Gasteiger partial charge in [0.2, 0.25) is 0 Å². The zero-order valence-corrected chi connectivity index (χ0v) is 17.4. The summed E-state index contributed by atoms with van der Waals surface area (Å²) in [5, 5.41) is 11.4. The van der Waals surface area contributed by atoms with Crippen LogP contribution in [0, 0.1) is 40.4 Å². The van der Waals surface area contributed by atoms with Gasteiger partial charge in [-0.1, -0.05) is 33.3 Å². The molecule has 6 fully saturated rings. The summed E-state index contributed by atoms with van der Waals surface area (Å²) in [5.74, 6) is 2.44. The number of ketones is 1. The van der Waals surface area contributed by atoms with E-state index in [0.29, 0.717) is 23.7 Å². The third-order valence-electron chi connectivity index (χ3n) is 9.94. The van der Waals surface area contributed by atoms with Crippen LogP contribution in [0.2, 0.25) is 0 Å². The van der Waals surface area contributed by atoms with Gasteiger partial charge in [-0.25, -0.2) is 0 Å². The predicted octanol–water partition coefficient (Wildman–Crippen LogP) is 4.58. The van der Waals surface area contributed by atoms with Crippen LogP contribution in [0.3, 0.4) is 0 Å². The molecule has 2 spiro atoms. The Kier molecular flexibility index (Phi) is 3.58. The van der Waals surface area contributed by atoms with E-state index < -0.39 is 11.5 Å². The zero-order valence-electron chi connectivity index (χ0n) is 17.4. The minimum Gasteiger partial charge on any atom is -0.392 e. The number of carbonyl (C=O) groups is 1.